The number of aromatic nitrogens is 1. The molecule has 6 heteroatoms. The molecular weight excluding hydrogens is 316 g/mol. The molecule has 0 aliphatic heterocycles. The molecule has 2 aromatic heterocycles. The lowest BCUT2D eigenvalue weighted by Crippen LogP contribution is -2.11. The van der Waals surface area contributed by atoms with Crippen molar-refractivity contribution < 1.29 is 9.53 Å². The summed E-state index contributed by atoms with van der Waals surface area (Å²) in [5, 5.41) is 7.37. The lowest BCUT2D eigenvalue weighted by molar-refractivity contribution is 0.102. The van der Waals surface area contributed by atoms with E-state index in [0.717, 1.165) is 10.6 Å². The summed E-state index contributed by atoms with van der Waals surface area (Å²) in [5.74, 6) is 0.502. The molecule has 0 saturated carbocycles. The van der Waals surface area contributed by atoms with Gasteiger partial charge < -0.3 is 4.74 Å². The Kier molecular flexibility index (Phi) is 4.50. The molecule has 3 rings (SSSR count). The van der Waals surface area contributed by atoms with Gasteiger partial charge in [-0.3, -0.25) is 10.1 Å². The number of rotatable bonds is 5. The fourth-order valence-corrected chi connectivity index (χ4v) is 3.40. The fraction of sp³-hybridized carbons (Fsp3) is 0.125. The molecular formula is C16H14N2O2S2. The summed E-state index contributed by atoms with van der Waals surface area (Å²) in [4.78, 5) is 17.8. The molecule has 4 nitrogen and oxygen atoms in total. The van der Waals surface area contributed by atoms with Crippen molar-refractivity contribution in [2.24, 2.45) is 0 Å². The maximum Gasteiger partial charge on any atom is 0.257 e. The van der Waals surface area contributed by atoms with Crippen LogP contribution in [0.25, 0.3) is 10.6 Å². The first-order valence-corrected chi connectivity index (χ1v) is 8.56. The molecule has 2 heterocycles. The highest BCUT2D eigenvalue weighted by Gasteiger charge is 2.11. The lowest BCUT2D eigenvalue weighted by Gasteiger charge is -2.05. The molecule has 0 radical (unpaired) electrons. The first-order valence-electron chi connectivity index (χ1n) is 6.80. The van der Waals surface area contributed by atoms with Gasteiger partial charge in [0.1, 0.15) is 5.75 Å². The molecule has 1 aromatic carbocycles. The fourth-order valence-electron chi connectivity index (χ4n) is 1.93. The van der Waals surface area contributed by atoms with Crippen molar-refractivity contribution in [2.75, 3.05) is 11.9 Å². The van der Waals surface area contributed by atoms with Crippen molar-refractivity contribution in [3.8, 4) is 16.3 Å². The number of thiophene rings is 1. The van der Waals surface area contributed by atoms with Crippen LogP contribution in [-0.4, -0.2) is 17.5 Å². The molecule has 0 atom stereocenters. The van der Waals surface area contributed by atoms with Gasteiger partial charge in [-0.15, -0.1) is 22.7 Å². The molecule has 3 aromatic rings. The van der Waals surface area contributed by atoms with Crippen LogP contribution in [-0.2, 0) is 0 Å². The number of anilines is 1. The molecule has 22 heavy (non-hydrogen) atoms. The average molecular weight is 330 g/mol. The average Bonchev–Trinajstić information content (AvgIpc) is 3.18. The number of nitrogens with one attached hydrogen (secondary N) is 1. The van der Waals surface area contributed by atoms with Crippen LogP contribution in [0.3, 0.4) is 0 Å². The SMILES string of the molecule is CCOc1cccc(C(=O)Nc2nc(-c3cccs3)cs2)c1. The van der Waals surface area contributed by atoms with Crippen molar-refractivity contribution in [2.45, 2.75) is 6.92 Å². The Labute approximate surface area is 136 Å². The quantitative estimate of drug-likeness (QED) is 0.748. The van der Waals surface area contributed by atoms with E-state index in [1.54, 1.807) is 29.5 Å². The number of hydrogen-bond acceptors (Lipinski definition) is 5. The van der Waals surface area contributed by atoms with E-state index in [9.17, 15) is 4.79 Å². The Morgan fingerprint density at radius 2 is 2.18 bits per heavy atom. The van der Waals surface area contributed by atoms with Crippen LogP contribution in [0.15, 0.2) is 47.2 Å². The second kappa shape index (κ2) is 6.72. The van der Waals surface area contributed by atoms with E-state index in [2.05, 4.69) is 10.3 Å². The number of ether oxygens (including phenoxy) is 1. The minimum absolute atomic E-state index is 0.186. The number of carbonyl (C=O) groups excluding carboxylic acids is 1. The van der Waals surface area contributed by atoms with Crippen molar-refractivity contribution >= 4 is 33.7 Å². The van der Waals surface area contributed by atoms with Crippen LogP contribution in [0.5, 0.6) is 5.75 Å². The zero-order valence-corrected chi connectivity index (χ0v) is 13.5. The van der Waals surface area contributed by atoms with E-state index < -0.39 is 0 Å². The van der Waals surface area contributed by atoms with E-state index in [0.29, 0.717) is 23.1 Å². The molecule has 0 aliphatic rings. The van der Waals surface area contributed by atoms with E-state index in [4.69, 9.17) is 4.74 Å². The zero-order chi connectivity index (χ0) is 15.4. The minimum Gasteiger partial charge on any atom is -0.494 e. The highest BCUT2D eigenvalue weighted by atomic mass is 32.1. The molecule has 112 valence electrons. The van der Waals surface area contributed by atoms with Gasteiger partial charge in [0.2, 0.25) is 0 Å². The van der Waals surface area contributed by atoms with Crippen molar-refractivity contribution in [1.29, 1.82) is 0 Å². The normalized spacial score (nSPS) is 10.4. The molecule has 0 aliphatic carbocycles. The largest absolute Gasteiger partial charge is 0.494 e. The Bertz CT molecular complexity index is 766. The van der Waals surface area contributed by atoms with Gasteiger partial charge in [-0.25, -0.2) is 4.98 Å². The molecule has 0 bridgehead atoms. The van der Waals surface area contributed by atoms with Crippen LogP contribution < -0.4 is 10.1 Å². The molecule has 0 fully saturated rings. The Morgan fingerprint density at radius 3 is 2.95 bits per heavy atom. The first kappa shape index (κ1) is 14.7. The van der Waals surface area contributed by atoms with Gasteiger partial charge in [-0.05, 0) is 36.6 Å². The van der Waals surface area contributed by atoms with Crippen LogP contribution in [0.2, 0.25) is 0 Å². The molecule has 0 spiro atoms. The molecule has 0 saturated heterocycles. The van der Waals surface area contributed by atoms with Crippen LogP contribution >= 0.6 is 22.7 Å². The molecule has 1 N–H and O–H groups in total. The third-order valence-electron chi connectivity index (χ3n) is 2.91. The summed E-state index contributed by atoms with van der Waals surface area (Å²) in [6, 6.07) is 11.1. The maximum absolute atomic E-state index is 12.3. The topological polar surface area (TPSA) is 51.2 Å². The number of nitrogens with zero attached hydrogens (tertiary/aromatic N) is 1. The van der Waals surface area contributed by atoms with E-state index in [1.165, 1.54) is 11.3 Å². The number of benzene rings is 1. The van der Waals surface area contributed by atoms with E-state index in [-0.39, 0.29) is 5.91 Å². The summed E-state index contributed by atoms with van der Waals surface area (Å²) >= 11 is 3.04. The Hall–Kier alpha value is -2.18. The summed E-state index contributed by atoms with van der Waals surface area (Å²) in [6.45, 7) is 2.48. The number of hydrogen-bond donors (Lipinski definition) is 1. The van der Waals surface area contributed by atoms with Crippen molar-refractivity contribution in [3.05, 3.63) is 52.7 Å². The van der Waals surface area contributed by atoms with E-state index >= 15 is 0 Å². The predicted molar refractivity (Wildman–Crippen MR) is 91.0 cm³/mol. The third kappa shape index (κ3) is 3.35. The van der Waals surface area contributed by atoms with Gasteiger partial charge >= 0.3 is 0 Å². The van der Waals surface area contributed by atoms with E-state index in [1.807, 2.05) is 35.9 Å². The second-order valence-electron chi connectivity index (χ2n) is 4.43. The van der Waals surface area contributed by atoms with Gasteiger partial charge in [-0.2, -0.15) is 0 Å². The highest BCUT2D eigenvalue weighted by Crippen LogP contribution is 2.28. The summed E-state index contributed by atoms with van der Waals surface area (Å²) in [7, 11) is 0. The van der Waals surface area contributed by atoms with Crippen LogP contribution in [0.4, 0.5) is 5.13 Å². The smallest absolute Gasteiger partial charge is 0.257 e. The van der Waals surface area contributed by atoms with Crippen molar-refractivity contribution in [3.63, 3.8) is 0 Å². The predicted octanol–water partition coefficient (Wildman–Crippen LogP) is 4.52. The van der Waals surface area contributed by atoms with Crippen LogP contribution in [0.1, 0.15) is 17.3 Å². The van der Waals surface area contributed by atoms with Gasteiger partial charge in [0.05, 0.1) is 17.2 Å². The first-order chi connectivity index (χ1) is 10.8. The number of thiazole rings is 1. The molecule has 0 unspecified atom stereocenters. The molecule has 1 amide bonds. The Morgan fingerprint density at radius 1 is 1.27 bits per heavy atom. The van der Waals surface area contributed by atoms with Gasteiger partial charge in [-0.1, -0.05) is 12.1 Å². The number of carbonyl (C=O) groups is 1. The van der Waals surface area contributed by atoms with Gasteiger partial charge in [0, 0.05) is 10.9 Å². The van der Waals surface area contributed by atoms with Gasteiger partial charge in [0.25, 0.3) is 5.91 Å². The number of amides is 1. The standard InChI is InChI=1S/C16H14N2O2S2/c1-2-20-12-6-3-5-11(9-12)15(19)18-16-17-13(10-22-16)14-7-4-8-21-14/h3-10H,2H2,1H3,(H,17,18,19). The second-order valence-corrected chi connectivity index (χ2v) is 6.24. The summed E-state index contributed by atoms with van der Waals surface area (Å²) in [5.41, 5.74) is 1.44. The zero-order valence-electron chi connectivity index (χ0n) is 11.9. The highest BCUT2D eigenvalue weighted by molar-refractivity contribution is 7.16. The van der Waals surface area contributed by atoms with Gasteiger partial charge in [0.15, 0.2) is 5.13 Å². The summed E-state index contributed by atoms with van der Waals surface area (Å²) in [6.07, 6.45) is 0. The third-order valence-corrected chi connectivity index (χ3v) is 4.56. The summed E-state index contributed by atoms with van der Waals surface area (Å²) < 4.78 is 5.41. The minimum atomic E-state index is -0.186. The lowest BCUT2D eigenvalue weighted by atomic mass is 10.2. The monoisotopic (exact) mass is 330 g/mol. The Balaban J connectivity index is 1.73. The van der Waals surface area contributed by atoms with Crippen molar-refractivity contribution in [1.82, 2.24) is 4.98 Å². The maximum atomic E-state index is 12.3. The van der Waals surface area contributed by atoms with Crippen LogP contribution in [0, 0.1) is 0 Å².